The molecule has 0 bridgehead atoms. The molecule has 0 spiro atoms. The van der Waals surface area contributed by atoms with Gasteiger partial charge in [-0.1, -0.05) is 41.9 Å². The number of ether oxygens (including phenoxy) is 1. The molecule has 2 aromatic carbocycles. The van der Waals surface area contributed by atoms with Crippen LogP contribution in [0.2, 0.25) is 0 Å². The molecule has 0 aliphatic carbocycles. The van der Waals surface area contributed by atoms with Gasteiger partial charge in [0, 0.05) is 17.6 Å². The van der Waals surface area contributed by atoms with E-state index in [0.717, 1.165) is 10.0 Å². The predicted molar refractivity (Wildman–Crippen MR) is 117 cm³/mol. The minimum atomic E-state index is -3.53. The molecule has 0 aliphatic heterocycles. The van der Waals surface area contributed by atoms with E-state index in [4.69, 9.17) is 4.74 Å². The second-order valence-electron chi connectivity index (χ2n) is 6.65. The summed E-state index contributed by atoms with van der Waals surface area (Å²) in [5.41, 5.74) is 1.64. The van der Waals surface area contributed by atoms with Gasteiger partial charge in [0.1, 0.15) is 5.75 Å². The zero-order valence-corrected chi connectivity index (χ0v) is 19.5. The van der Waals surface area contributed by atoms with Crippen molar-refractivity contribution >= 4 is 31.9 Å². The highest BCUT2D eigenvalue weighted by Crippen LogP contribution is 2.24. The second-order valence-corrected chi connectivity index (χ2v) is 9.50. The molecular formula is C21H27BrN2O4S. The van der Waals surface area contributed by atoms with Gasteiger partial charge in [-0.15, -0.1) is 0 Å². The highest BCUT2D eigenvalue weighted by Gasteiger charge is 2.22. The lowest BCUT2D eigenvalue weighted by Crippen LogP contribution is -2.31. The Kier molecular flexibility index (Phi) is 8.24. The van der Waals surface area contributed by atoms with Gasteiger partial charge in [-0.25, -0.2) is 8.42 Å². The maximum Gasteiger partial charge on any atom is 0.258 e. The first-order valence-corrected chi connectivity index (χ1v) is 11.7. The minimum Gasteiger partial charge on any atom is -0.484 e. The second kappa shape index (κ2) is 10.2. The van der Waals surface area contributed by atoms with Crippen molar-refractivity contribution < 1.29 is 17.9 Å². The van der Waals surface area contributed by atoms with E-state index in [-0.39, 0.29) is 23.5 Å². The van der Waals surface area contributed by atoms with Gasteiger partial charge in [-0.05, 0) is 55.3 Å². The molecule has 0 saturated carbocycles. The van der Waals surface area contributed by atoms with Gasteiger partial charge in [0.2, 0.25) is 10.0 Å². The van der Waals surface area contributed by atoms with Crippen LogP contribution < -0.4 is 10.1 Å². The molecule has 0 radical (unpaired) electrons. The molecule has 8 heteroatoms. The highest BCUT2D eigenvalue weighted by atomic mass is 79.9. The summed E-state index contributed by atoms with van der Waals surface area (Å²) in [5.74, 6) is 0.227. The van der Waals surface area contributed by atoms with Crippen LogP contribution in [0.25, 0.3) is 0 Å². The van der Waals surface area contributed by atoms with Gasteiger partial charge in [0.15, 0.2) is 6.61 Å². The number of benzene rings is 2. The third-order valence-corrected chi connectivity index (χ3v) is 7.11. The quantitative estimate of drug-likeness (QED) is 0.584. The highest BCUT2D eigenvalue weighted by molar-refractivity contribution is 9.10. The maximum absolute atomic E-state index is 12.6. The topological polar surface area (TPSA) is 75.7 Å². The summed E-state index contributed by atoms with van der Waals surface area (Å²) in [7, 11) is -3.53. The number of carbonyl (C=O) groups excluding carboxylic acids is 1. The predicted octanol–water partition coefficient (Wildman–Crippen LogP) is 4.04. The van der Waals surface area contributed by atoms with Gasteiger partial charge >= 0.3 is 0 Å². The van der Waals surface area contributed by atoms with Crippen LogP contribution >= 0.6 is 15.9 Å². The fourth-order valence-corrected chi connectivity index (χ4v) is 4.90. The van der Waals surface area contributed by atoms with Crippen molar-refractivity contribution in [2.75, 3.05) is 19.7 Å². The Hall–Kier alpha value is -1.90. The molecular weight excluding hydrogens is 456 g/mol. The molecule has 6 nitrogen and oxygen atoms in total. The summed E-state index contributed by atoms with van der Waals surface area (Å²) in [5, 5.41) is 2.89. The van der Waals surface area contributed by atoms with Gasteiger partial charge in [-0.3, -0.25) is 4.79 Å². The van der Waals surface area contributed by atoms with E-state index in [1.165, 1.54) is 10.4 Å². The Morgan fingerprint density at radius 1 is 1.17 bits per heavy atom. The number of amides is 1. The summed E-state index contributed by atoms with van der Waals surface area (Å²) in [6.07, 6.45) is 0. The van der Waals surface area contributed by atoms with E-state index >= 15 is 0 Å². The normalized spacial score (nSPS) is 12.6. The van der Waals surface area contributed by atoms with E-state index in [0.29, 0.717) is 24.4 Å². The Morgan fingerprint density at radius 3 is 2.45 bits per heavy atom. The molecule has 0 aromatic heterocycles. The number of halogens is 1. The number of rotatable bonds is 9. The third kappa shape index (κ3) is 6.04. The molecule has 0 fully saturated rings. The van der Waals surface area contributed by atoms with Gasteiger partial charge in [0.25, 0.3) is 5.91 Å². The van der Waals surface area contributed by atoms with Crippen molar-refractivity contribution in [1.82, 2.24) is 9.62 Å². The lowest BCUT2D eigenvalue weighted by molar-refractivity contribution is -0.123. The standard InChI is InChI=1S/C21H27BrN2O4S/c1-5-24(6-2)29(26,27)19-10-11-20(15(3)12-19)28-14-21(25)23-16(4)17-8-7-9-18(22)13-17/h7-13,16H,5-6,14H2,1-4H3,(H,23,25). The molecule has 158 valence electrons. The molecule has 2 rings (SSSR count). The number of carbonyl (C=O) groups is 1. The zero-order chi connectivity index (χ0) is 21.6. The van der Waals surface area contributed by atoms with Crippen LogP contribution in [0.3, 0.4) is 0 Å². The monoisotopic (exact) mass is 482 g/mol. The maximum atomic E-state index is 12.6. The Labute approximate surface area is 181 Å². The van der Waals surface area contributed by atoms with E-state index in [1.54, 1.807) is 32.9 Å². The van der Waals surface area contributed by atoms with E-state index in [2.05, 4.69) is 21.2 Å². The fraction of sp³-hybridized carbons (Fsp3) is 0.381. The number of hydrogen-bond acceptors (Lipinski definition) is 4. The fourth-order valence-electron chi connectivity index (χ4n) is 2.94. The van der Waals surface area contributed by atoms with Crippen LogP contribution in [0, 0.1) is 6.92 Å². The van der Waals surface area contributed by atoms with Crippen LogP contribution in [-0.4, -0.2) is 38.3 Å². The first-order valence-electron chi connectivity index (χ1n) is 9.47. The number of aryl methyl sites for hydroxylation is 1. The number of nitrogens with one attached hydrogen (secondary N) is 1. The average Bonchev–Trinajstić information content (AvgIpc) is 2.67. The molecule has 1 unspecified atom stereocenters. The van der Waals surface area contributed by atoms with Crippen molar-refractivity contribution in [3.8, 4) is 5.75 Å². The lowest BCUT2D eigenvalue weighted by atomic mass is 10.1. The Balaban J connectivity index is 2.01. The van der Waals surface area contributed by atoms with E-state index < -0.39 is 10.0 Å². The van der Waals surface area contributed by atoms with Gasteiger partial charge < -0.3 is 10.1 Å². The first kappa shape index (κ1) is 23.4. The molecule has 0 heterocycles. The molecule has 2 aromatic rings. The lowest BCUT2D eigenvalue weighted by Gasteiger charge is -2.19. The third-order valence-electron chi connectivity index (χ3n) is 4.57. The van der Waals surface area contributed by atoms with Crippen LogP contribution in [0.1, 0.15) is 37.9 Å². The number of hydrogen-bond donors (Lipinski definition) is 1. The van der Waals surface area contributed by atoms with Crippen molar-refractivity contribution in [3.05, 3.63) is 58.1 Å². The van der Waals surface area contributed by atoms with E-state index in [9.17, 15) is 13.2 Å². The van der Waals surface area contributed by atoms with Crippen LogP contribution in [0.5, 0.6) is 5.75 Å². The Morgan fingerprint density at radius 2 is 1.86 bits per heavy atom. The number of nitrogens with zero attached hydrogens (tertiary/aromatic N) is 1. The van der Waals surface area contributed by atoms with Gasteiger partial charge in [0.05, 0.1) is 10.9 Å². The van der Waals surface area contributed by atoms with Crippen molar-refractivity contribution in [2.45, 2.75) is 38.6 Å². The smallest absolute Gasteiger partial charge is 0.258 e. The number of sulfonamides is 1. The van der Waals surface area contributed by atoms with E-state index in [1.807, 2.05) is 31.2 Å². The molecule has 0 aliphatic rings. The minimum absolute atomic E-state index is 0.151. The summed E-state index contributed by atoms with van der Waals surface area (Å²) in [6, 6.07) is 12.2. The molecule has 1 atom stereocenters. The van der Waals surface area contributed by atoms with Crippen LogP contribution in [0.15, 0.2) is 51.8 Å². The van der Waals surface area contributed by atoms with Crippen LogP contribution in [-0.2, 0) is 14.8 Å². The average molecular weight is 483 g/mol. The van der Waals surface area contributed by atoms with Crippen molar-refractivity contribution in [1.29, 1.82) is 0 Å². The van der Waals surface area contributed by atoms with Crippen LogP contribution in [0.4, 0.5) is 0 Å². The summed E-state index contributed by atoms with van der Waals surface area (Å²) >= 11 is 3.42. The molecule has 1 amide bonds. The summed E-state index contributed by atoms with van der Waals surface area (Å²) in [4.78, 5) is 12.5. The largest absolute Gasteiger partial charge is 0.484 e. The van der Waals surface area contributed by atoms with Gasteiger partial charge in [-0.2, -0.15) is 4.31 Å². The molecule has 1 N–H and O–H groups in total. The summed E-state index contributed by atoms with van der Waals surface area (Å²) in [6.45, 7) is 7.94. The summed E-state index contributed by atoms with van der Waals surface area (Å²) < 4.78 is 33.2. The SMILES string of the molecule is CCN(CC)S(=O)(=O)c1ccc(OCC(=O)NC(C)c2cccc(Br)c2)c(C)c1. The van der Waals surface area contributed by atoms with Crippen molar-refractivity contribution in [2.24, 2.45) is 0 Å². The first-order chi connectivity index (χ1) is 13.7. The molecule has 29 heavy (non-hydrogen) atoms. The zero-order valence-electron chi connectivity index (χ0n) is 17.1. The van der Waals surface area contributed by atoms with Crippen molar-refractivity contribution in [3.63, 3.8) is 0 Å². The molecule has 0 saturated heterocycles. The Bertz CT molecular complexity index is 959.